The quantitative estimate of drug-likeness (QED) is 0.939. The largest absolute Gasteiger partial charge is 0.496 e. The highest BCUT2D eigenvalue weighted by Crippen LogP contribution is 2.28. The average Bonchev–Trinajstić information content (AvgIpc) is 2.62. The van der Waals surface area contributed by atoms with Crippen molar-refractivity contribution in [3.05, 3.63) is 36.7 Å². The zero-order valence-electron chi connectivity index (χ0n) is 13.0. The van der Waals surface area contributed by atoms with E-state index in [2.05, 4.69) is 15.3 Å². The minimum Gasteiger partial charge on any atom is -0.496 e. The molecule has 1 N–H and O–H groups in total. The second-order valence-corrected chi connectivity index (χ2v) is 5.33. The van der Waals surface area contributed by atoms with Gasteiger partial charge in [-0.3, -0.25) is 4.79 Å². The second kappa shape index (κ2) is 7.19. The monoisotopic (exact) mass is 313 g/mol. The van der Waals surface area contributed by atoms with Crippen molar-refractivity contribution in [2.75, 3.05) is 19.0 Å². The van der Waals surface area contributed by atoms with Crippen molar-refractivity contribution in [3.63, 3.8) is 0 Å². The first-order valence-corrected chi connectivity index (χ1v) is 7.66. The van der Waals surface area contributed by atoms with Crippen LogP contribution < -0.4 is 10.1 Å². The maximum Gasteiger partial charge on any atom is 0.254 e. The molecule has 1 amide bonds. The minimum atomic E-state index is -0.395. The first kappa shape index (κ1) is 15.4. The smallest absolute Gasteiger partial charge is 0.254 e. The predicted octanol–water partition coefficient (Wildman–Crippen LogP) is 2.66. The molecular weight excluding hydrogens is 294 g/mol. The number of amides is 1. The molecule has 0 aliphatic carbocycles. The number of aromatic nitrogens is 2. The number of methoxy groups -OCH3 is 1. The van der Waals surface area contributed by atoms with Crippen LogP contribution >= 0.6 is 0 Å². The van der Waals surface area contributed by atoms with E-state index in [-0.39, 0.29) is 5.91 Å². The predicted molar refractivity (Wildman–Crippen MR) is 86.2 cm³/mol. The highest BCUT2D eigenvalue weighted by atomic mass is 16.5. The lowest BCUT2D eigenvalue weighted by Gasteiger charge is -2.21. The molecule has 1 unspecified atom stereocenters. The number of hydrogen-bond acceptors (Lipinski definition) is 5. The molecule has 3 rings (SSSR count). The summed E-state index contributed by atoms with van der Waals surface area (Å²) in [4.78, 5) is 20.6. The Bertz CT molecular complexity index is 684. The average molecular weight is 313 g/mol. The van der Waals surface area contributed by atoms with E-state index in [1.165, 1.54) is 6.33 Å². The molecule has 1 saturated heterocycles. The number of carbonyl (C=O) groups excluding carboxylic acids is 1. The molecule has 0 spiro atoms. The Kier molecular flexibility index (Phi) is 4.83. The number of nitrogens with one attached hydrogen (secondary N) is 1. The van der Waals surface area contributed by atoms with Crippen molar-refractivity contribution in [1.82, 2.24) is 9.97 Å². The number of rotatable bonds is 4. The Balaban J connectivity index is 1.78. The van der Waals surface area contributed by atoms with E-state index in [0.29, 0.717) is 18.1 Å². The van der Waals surface area contributed by atoms with Crippen LogP contribution in [0.3, 0.4) is 0 Å². The first-order chi connectivity index (χ1) is 11.3. The summed E-state index contributed by atoms with van der Waals surface area (Å²) >= 11 is 0. The molecule has 0 bridgehead atoms. The van der Waals surface area contributed by atoms with Crippen molar-refractivity contribution in [1.29, 1.82) is 0 Å². The van der Waals surface area contributed by atoms with Crippen LogP contribution in [-0.4, -0.2) is 35.7 Å². The summed E-state index contributed by atoms with van der Waals surface area (Å²) < 4.78 is 10.8. The summed E-state index contributed by atoms with van der Waals surface area (Å²) in [5.74, 6) is 1.02. The number of carbonyl (C=O) groups is 1. The van der Waals surface area contributed by atoms with Gasteiger partial charge in [-0.05, 0) is 31.4 Å². The lowest BCUT2D eigenvalue weighted by atomic mass is 10.1. The Labute approximate surface area is 134 Å². The molecule has 0 radical (unpaired) electrons. The topological polar surface area (TPSA) is 73.3 Å². The Morgan fingerprint density at radius 2 is 2.17 bits per heavy atom. The van der Waals surface area contributed by atoms with Gasteiger partial charge in [-0.1, -0.05) is 12.1 Å². The van der Waals surface area contributed by atoms with E-state index >= 15 is 0 Å². The summed E-state index contributed by atoms with van der Waals surface area (Å²) in [7, 11) is 1.61. The normalized spacial score (nSPS) is 17.5. The molecule has 1 aromatic heterocycles. The Morgan fingerprint density at radius 1 is 1.30 bits per heavy atom. The van der Waals surface area contributed by atoms with Crippen LogP contribution in [0.15, 0.2) is 36.7 Å². The van der Waals surface area contributed by atoms with Crippen molar-refractivity contribution in [2.24, 2.45) is 0 Å². The minimum absolute atomic E-state index is 0.158. The maximum atomic E-state index is 12.2. The molecule has 2 aromatic rings. The van der Waals surface area contributed by atoms with Gasteiger partial charge in [0, 0.05) is 18.2 Å². The molecule has 1 aliphatic rings. The van der Waals surface area contributed by atoms with E-state index in [1.807, 2.05) is 24.3 Å². The van der Waals surface area contributed by atoms with E-state index < -0.39 is 6.10 Å². The van der Waals surface area contributed by atoms with Crippen LogP contribution in [0.2, 0.25) is 0 Å². The van der Waals surface area contributed by atoms with E-state index in [0.717, 1.165) is 30.6 Å². The third-order valence-corrected chi connectivity index (χ3v) is 3.77. The zero-order chi connectivity index (χ0) is 16.1. The molecule has 0 saturated carbocycles. The lowest BCUT2D eigenvalue weighted by Crippen LogP contribution is -2.33. The van der Waals surface area contributed by atoms with Gasteiger partial charge in [0.1, 0.15) is 24.0 Å². The number of nitrogens with zero attached hydrogens (tertiary/aromatic N) is 2. The molecule has 1 atom stereocenters. The Hall–Kier alpha value is -2.47. The molecule has 2 heterocycles. The first-order valence-electron chi connectivity index (χ1n) is 7.66. The van der Waals surface area contributed by atoms with Gasteiger partial charge in [-0.25, -0.2) is 9.97 Å². The van der Waals surface area contributed by atoms with Gasteiger partial charge >= 0.3 is 0 Å². The zero-order valence-corrected chi connectivity index (χ0v) is 13.0. The standard InChI is InChI=1S/C17H19N3O3/c1-22-14-7-3-2-6-12(14)13-10-16(19-11-18-13)20-17(21)15-8-4-5-9-23-15/h2-3,6-7,10-11,15H,4-5,8-9H2,1H3,(H,18,19,20,21). The molecule has 1 fully saturated rings. The summed E-state index contributed by atoms with van der Waals surface area (Å²) in [6, 6.07) is 9.32. The summed E-state index contributed by atoms with van der Waals surface area (Å²) in [5.41, 5.74) is 1.54. The molecule has 1 aliphatic heterocycles. The van der Waals surface area contributed by atoms with E-state index in [9.17, 15) is 4.79 Å². The van der Waals surface area contributed by atoms with Gasteiger partial charge in [0.2, 0.25) is 0 Å². The van der Waals surface area contributed by atoms with Crippen LogP contribution in [0.5, 0.6) is 5.75 Å². The van der Waals surface area contributed by atoms with Crippen molar-refractivity contribution in [2.45, 2.75) is 25.4 Å². The van der Waals surface area contributed by atoms with Gasteiger partial charge < -0.3 is 14.8 Å². The fourth-order valence-electron chi connectivity index (χ4n) is 2.58. The molecule has 1 aromatic carbocycles. The number of para-hydroxylation sites is 1. The highest BCUT2D eigenvalue weighted by Gasteiger charge is 2.22. The van der Waals surface area contributed by atoms with Crippen LogP contribution in [0.25, 0.3) is 11.3 Å². The van der Waals surface area contributed by atoms with Crippen LogP contribution in [0.1, 0.15) is 19.3 Å². The lowest BCUT2D eigenvalue weighted by molar-refractivity contribution is -0.130. The third-order valence-electron chi connectivity index (χ3n) is 3.77. The van der Waals surface area contributed by atoms with E-state index in [1.54, 1.807) is 13.2 Å². The van der Waals surface area contributed by atoms with Crippen molar-refractivity contribution >= 4 is 11.7 Å². The van der Waals surface area contributed by atoms with Crippen molar-refractivity contribution < 1.29 is 14.3 Å². The van der Waals surface area contributed by atoms with Crippen LogP contribution in [0, 0.1) is 0 Å². The van der Waals surface area contributed by atoms with Crippen molar-refractivity contribution in [3.8, 4) is 17.0 Å². The number of anilines is 1. The summed E-state index contributed by atoms with van der Waals surface area (Å²) in [6.07, 6.45) is 3.80. The number of benzene rings is 1. The van der Waals surface area contributed by atoms with Gasteiger partial charge in [0.15, 0.2) is 0 Å². The SMILES string of the molecule is COc1ccccc1-c1cc(NC(=O)C2CCCCO2)ncn1. The number of hydrogen-bond donors (Lipinski definition) is 1. The molecule has 23 heavy (non-hydrogen) atoms. The van der Waals surface area contributed by atoms with Gasteiger partial charge in [-0.15, -0.1) is 0 Å². The van der Waals surface area contributed by atoms with Gasteiger partial charge in [0.05, 0.1) is 12.8 Å². The fraction of sp³-hybridized carbons (Fsp3) is 0.353. The second-order valence-electron chi connectivity index (χ2n) is 5.33. The summed E-state index contributed by atoms with van der Waals surface area (Å²) in [5, 5.41) is 2.80. The van der Waals surface area contributed by atoms with Gasteiger partial charge in [-0.2, -0.15) is 0 Å². The maximum absolute atomic E-state index is 12.2. The van der Waals surface area contributed by atoms with Crippen LogP contribution in [0.4, 0.5) is 5.82 Å². The number of ether oxygens (including phenoxy) is 2. The fourth-order valence-corrected chi connectivity index (χ4v) is 2.58. The third kappa shape index (κ3) is 3.65. The molecule has 6 nitrogen and oxygen atoms in total. The van der Waals surface area contributed by atoms with E-state index in [4.69, 9.17) is 9.47 Å². The Morgan fingerprint density at radius 3 is 2.96 bits per heavy atom. The van der Waals surface area contributed by atoms with Gasteiger partial charge in [0.25, 0.3) is 5.91 Å². The summed E-state index contributed by atoms with van der Waals surface area (Å²) in [6.45, 7) is 0.633. The highest BCUT2D eigenvalue weighted by molar-refractivity contribution is 5.93. The van der Waals surface area contributed by atoms with Crippen LogP contribution in [-0.2, 0) is 9.53 Å². The molecule has 120 valence electrons. The molecular formula is C17H19N3O3. The molecule has 6 heteroatoms.